The largest absolute Gasteiger partial charge is 0.448 e. The molecule has 20 heavy (non-hydrogen) atoms. The maximum absolute atomic E-state index is 13.5. The van der Waals surface area contributed by atoms with Crippen molar-refractivity contribution in [1.82, 2.24) is 9.78 Å². The Morgan fingerprint density at radius 1 is 1.25 bits per heavy atom. The van der Waals surface area contributed by atoms with Crippen LogP contribution in [0.1, 0.15) is 0 Å². The van der Waals surface area contributed by atoms with Gasteiger partial charge in [-0.2, -0.15) is 5.10 Å². The second kappa shape index (κ2) is 4.96. The highest BCUT2D eigenvalue weighted by atomic mass is 79.9. The first kappa shape index (κ1) is 13.2. The van der Waals surface area contributed by atoms with Crippen molar-refractivity contribution in [1.29, 1.82) is 0 Å². The van der Waals surface area contributed by atoms with Crippen molar-refractivity contribution >= 4 is 33.3 Å². The van der Waals surface area contributed by atoms with E-state index in [-0.39, 0.29) is 5.02 Å². The smallest absolute Gasteiger partial charge is 0.169 e. The van der Waals surface area contributed by atoms with Gasteiger partial charge in [0.25, 0.3) is 0 Å². The van der Waals surface area contributed by atoms with E-state index in [9.17, 15) is 4.39 Å². The number of nitrogens with zero attached hydrogens (tertiary/aromatic N) is 2. The number of benzene rings is 1. The van der Waals surface area contributed by atoms with E-state index >= 15 is 0 Å². The van der Waals surface area contributed by atoms with Crippen molar-refractivity contribution in [2.75, 3.05) is 5.73 Å². The lowest BCUT2D eigenvalue weighted by Gasteiger charge is -2.04. The van der Waals surface area contributed by atoms with Crippen LogP contribution in [0.2, 0.25) is 5.02 Å². The summed E-state index contributed by atoms with van der Waals surface area (Å²) in [5, 5.41) is 4.35. The fourth-order valence-corrected chi connectivity index (χ4v) is 2.22. The molecule has 4 nitrogen and oxygen atoms in total. The molecule has 7 heteroatoms. The highest BCUT2D eigenvalue weighted by molar-refractivity contribution is 9.10. The van der Waals surface area contributed by atoms with Gasteiger partial charge in [-0.05, 0) is 40.2 Å². The lowest BCUT2D eigenvalue weighted by atomic mass is 10.3. The maximum Gasteiger partial charge on any atom is 0.169 e. The van der Waals surface area contributed by atoms with Gasteiger partial charge in [-0.25, -0.2) is 9.07 Å². The number of nitrogen functional groups attached to an aromatic ring is 1. The Bertz CT molecular complexity index is 784. The SMILES string of the molecule is Nc1cc(-c2ccc(Br)o2)nn1-c1ccc(Cl)c(F)c1. The Morgan fingerprint density at radius 2 is 2.05 bits per heavy atom. The molecule has 3 rings (SSSR count). The number of hydrogen-bond acceptors (Lipinski definition) is 3. The van der Waals surface area contributed by atoms with Crippen molar-refractivity contribution in [2.45, 2.75) is 0 Å². The molecule has 1 aromatic carbocycles. The lowest BCUT2D eigenvalue weighted by Crippen LogP contribution is -2.02. The minimum atomic E-state index is -0.527. The van der Waals surface area contributed by atoms with Crippen LogP contribution in [0.5, 0.6) is 0 Å². The first-order chi connectivity index (χ1) is 9.54. The van der Waals surface area contributed by atoms with E-state index in [1.165, 1.54) is 16.8 Å². The van der Waals surface area contributed by atoms with Crippen molar-refractivity contribution in [3.63, 3.8) is 0 Å². The minimum Gasteiger partial charge on any atom is -0.448 e. The van der Waals surface area contributed by atoms with E-state index < -0.39 is 5.82 Å². The summed E-state index contributed by atoms with van der Waals surface area (Å²) in [5.41, 5.74) is 6.94. The number of halogens is 3. The molecule has 0 bridgehead atoms. The second-order valence-corrected chi connectivity index (χ2v) is 5.26. The molecule has 0 aliphatic heterocycles. The zero-order chi connectivity index (χ0) is 14.3. The standard InChI is InChI=1S/C13H8BrClFN3O/c14-12-4-3-11(20-12)10-6-13(17)19(18-10)7-1-2-8(15)9(16)5-7/h1-6H,17H2. The van der Waals surface area contributed by atoms with E-state index in [1.807, 2.05) is 0 Å². The molecule has 0 saturated carbocycles. The summed E-state index contributed by atoms with van der Waals surface area (Å²) in [7, 11) is 0. The predicted molar refractivity (Wildman–Crippen MR) is 78.3 cm³/mol. The molecule has 0 atom stereocenters. The number of anilines is 1. The molecule has 0 amide bonds. The Labute approximate surface area is 127 Å². The molecule has 2 N–H and O–H groups in total. The molecular formula is C13H8BrClFN3O. The van der Waals surface area contributed by atoms with Gasteiger partial charge in [0.2, 0.25) is 0 Å². The summed E-state index contributed by atoms with van der Waals surface area (Å²) in [6, 6.07) is 9.53. The van der Waals surface area contributed by atoms with Crippen LogP contribution in [0.15, 0.2) is 45.5 Å². The number of hydrogen-bond donors (Lipinski definition) is 1. The van der Waals surface area contributed by atoms with Gasteiger partial charge in [-0.1, -0.05) is 11.6 Å². The third-order valence-electron chi connectivity index (χ3n) is 2.71. The Kier molecular flexibility index (Phi) is 3.27. The van der Waals surface area contributed by atoms with Gasteiger partial charge in [-0.3, -0.25) is 0 Å². The van der Waals surface area contributed by atoms with Crippen LogP contribution >= 0.6 is 27.5 Å². The zero-order valence-electron chi connectivity index (χ0n) is 9.98. The summed E-state index contributed by atoms with van der Waals surface area (Å²) in [6.45, 7) is 0. The first-order valence-electron chi connectivity index (χ1n) is 5.61. The number of nitrogens with two attached hydrogens (primary N) is 1. The van der Waals surface area contributed by atoms with Crippen LogP contribution in [0.4, 0.5) is 10.2 Å². The highest BCUT2D eigenvalue weighted by Crippen LogP contribution is 2.27. The molecule has 102 valence electrons. The summed E-state index contributed by atoms with van der Waals surface area (Å²) in [4.78, 5) is 0. The normalized spacial score (nSPS) is 10.9. The van der Waals surface area contributed by atoms with Gasteiger partial charge < -0.3 is 10.2 Å². The average molecular weight is 357 g/mol. The second-order valence-electron chi connectivity index (χ2n) is 4.07. The van der Waals surface area contributed by atoms with Crippen LogP contribution in [0, 0.1) is 5.82 Å². The molecule has 3 aromatic rings. The summed E-state index contributed by atoms with van der Waals surface area (Å²) >= 11 is 8.88. The van der Waals surface area contributed by atoms with Gasteiger partial charge in [0.1, 0.15) is 17.3 Å². The minimum absolute atomic E-state index is 0.0506. The van der Waals surface area contributed by atoms with E-state index in [2.05, 4.69) is 21.0 Å². The fourth-order valence-electron chi connectivity index (χ4n) is 1.79. The van der Waals surface area contributed by atoms with E-state index in [0.29, 0.717) is 27.6 Å². The molecule has 2 aromatic heterocycles. The third kappa shape index (κ3) is 2.32. The molecule has 0 spiro atoms. The number of rotatable bonds is 2. The van der Waals surface area contributed by atoms with Gasteiger partial charge >= 0.3 is 0 Å². The predicted octanol–water partition coefficient (Wildman–Crippen LogP) is 4.27. The Balaban J connectivity index is 2.06. The Morgan fingerprint density at radius 3 is 2.70 bits per heavy atom. The summed E-state index contributed by atoms with van der Waals surface area (Å²) in [5.74, 6) is 0.410. The maximum atomic E-state index is 13.5. The summed E-state index contributed by atoms with van der Waals surface area (Å²) in [6.07, 6.45) is 0. The molecule has 0 fully saturated rings. The van der Waals surface area contributed by atoms with Crippen molar-refractivity contribution in [2.24, 2.45) is 0 Å². The molecule has 0 aliphatic rings. The number of furan rings is 1. The van der Waals surface area contributed by atoms with Crippen molar-refractivity contribution < 1.29 is 8.81 Å². The molecule has 2 heterocycles. The van der Waals surface area contributed by atoms with Crippen molar-refractivity contribution in [3.8, 4) is 17.1 Å². The first-order valence-corrected chi connectivity index (χ1v) is 6.78. The van der Waals surface area contributed by atoms with Crippen LogP contribution in [-0.2, 0) is 0 Å². The van der Waals surface area contributed by atoms with E-state index in [4.69, 9.17) is 21.8 Å². The molecule has 0 radical (unpaired) electrons. The van der Waals surface area contributed by atoms with Gasteiger partial charge in [0.05, 0.1) is 10.7 Å². The van der Waals surface area contributed by atoms with Gasteiger partial charge in [0, 0.05) is 12.1 Å². The average Bonchev–Trinajstić information content (AvgIpc) is 2.99. The van der Waals surface area contributed by atoms with Crippen molar-refractivity contribution in [3.05, 3.63) is 51.9 Å². The fraction of sp³-hybridized carbons (Fsp3) is 0. The molecule has 0 aliphatic carbocycles. The quantitative estimate of drug-likeness (QED) is 0.746. The Hall–Kier alpha value is -1.79. The molecule has 0 unspecified atom stereocenters. The zero-order valence-corrected chi connectivity index (χ0v) is 12.3. The van der Waals surface area contributed by atoms with Crippen LogP contribution in [0.3, 0.4) is 0 Å². The third-order valence-corrected chi connectivity index (χ3v) is 3.44. The van der Waals surface area contributed by atoms with Gasteiger partial charge in [-0.15, -0.1) is 0 Å². The van der Waals surface area contributed by atoms with Crippen LogP contribution in [-0.4, -0.2) is 9.78 Å². The summed E-state index contributed by atoms with van der Waals surface area (Å²) < 4.78 is 20.9. The van der Waals surface area contributed by atoms with Crippen LogP contribution in [0.25, 0.3) is 17.1 Å². The number of aromatic nitrogens is 2. The van der Waals surface area contributed by atoms with Gasteiger partial charge in [0.15, 0.2) is 10.4 Å². The molecule has 0 saturated heterocycles. The lowest BCUT2D eigenvalue weighted by molar-refractivity contribution is 0.553. The highest BCUT2D eigenvalue weighted by Gasteiger charge is 2.13. The molecular weight excluding hydrogens is 349 g/mol. The monoisotopic (exact) mass is 355 g/mol. The van der Waals surface area contributed by atoms with E-state index in [1.54, 1.807) is 24.3 Å². The topological polar surface area (TPSA) is 57.0 Å². The van der Waals surface area contributed by atoms with E-state index in [0.717, 1.165) is 0 Å². The van der Waals surface area contributed by atoms with Crippen LogP contribution < -0.4 is 5.73 Å².